The summed E-state index contributed by atoms with van der Waals surface area (Å²) in [6.45, 7) is 2.37. The third-order valence-electron chi connectivity index (χ3n) is 3.18. The van der Waals surface area contributed by atoms with Crippen molar-refractivity contribution in [1.82, 2.24) is 0 Å². The molecular formula is C13H16BrNO3. The van der Waals surface area contributed by atoms with Crippen molar-refractivity contribution in [3.63, 3.8) is 0 Å². The topological polar surface area (TPSA) is 58.6 Å². The van der Waals surface area contributed by atoms with Crippen LogP contribution in [0.4, 0.5) is 5.69 Å². The average molecular weight is 314 g/mol. The third-order valence-corrected chi connectivity index (χ3v) is 3.68. The van der Waals surface area contributed by atoms with E-state index in [9.17, 15) is 9.90 Å². The number of hydrogen-bond donors (Lipinski definition) is 2. The maximum Gasteiger partial charge on any atom is 0.329 e. The Hall–Kier alpha value is -1.07. The van der Waals surface area contributed by atoms with Gasteiger partial charge in [-0.05, 0) is 25.1 Å². The predicted octanol–water partition coefficient (Wildman–Crippen LogP) is 2.88. The molecule has 18 heavy (non-hydrogen) atoms. The highest BCUT2D eigenvalue weighted by molar-refractivity contribution is 9.10. The molecule has 2 N–H and O–H groups in total. The molecule has 2 atom stereocenters. The Morgan fingerprint density at radius 1 is 1.61 bits per heavy atom. The highest BCUT2D eigenvalue weighted by Gasteiger charge is 2.42. The van der Waals surface area contributed by atoms with Gasteiger partial charge in [0, 0.05) is 29.6 Å². The van der Waals surface area contributed by atoms with Crippen LogP contribution in [0, 0.1) is 0 Å². The number of anilines is 1. The van der Waals surface area contributed by atoms with E-state index in [-0.39, 0.29) is 6.10 Å². The molecule has 1 saturated heterocycles. The number of benzene rings is 1. The molecule has 2 unspecified atom stereocenters. The van der Waals surface area contributed by atoms with Crippen LogP contribution < -0.4 is 5.32 Å². The molecule has 0 spiro atoms. The van der Waals surface area contributed by atoms with Gasteiger partial charge in [0.25, 0.3) is 0 Å². The zero-order valence-electron chi connectivity index (χ0n) is 10.1. The van der Waals surface area contributed by atoms with Crippen molar-refractivity contribution >= 4 is 27.6 Å². The fraction of sp³-hybridized carbons (Fsp3) is 0.462. The molecule has 1 aromatic rings. The largest absolute Gasteiger partial charge is 0.480 e. The maximum atomic E-state index is 11.6. The Morgan fingerprint density at radius 2 is 2.39 bits per heavy atom. The maximum absolute atomic E-state index is 11.6. The molecule has 1 heterocycles. The summed E-state index contributed by atoms with van der Waals surface area (Å²) in [7, 11) is 0. The zero-order chi connectivity index (χ0) is 13.2. The molecule has 4 nitrogen and oxygen atoms in total. The number of rotatable bonds is 3. The Kier molecular flexibility index (Phi) is 3.92. The van der Waals surface area contributed by atoms with E-state index >= 15 is 0 Å². The van der Waals surface area contributed by atoms with E-state index in [1.807, 2.05) is 31.2 Å². The average Bonchev–Trinajstić information content (AvgIpc) is 2.28. The van der Waals surface area contributed by atoms with Gasteiger partial charge < -0.3 is 15.2 Å². The molecular weight excluding hydrogens is 298 g/mol. The van der Waals surface area contributed by atoms with Gasteiger partial charge in [-0.25, -0.2) is 4.79 Å². The van der Waals surface area contributed by atoms with Crippen molar-refractivity contribution in [2.24, 2.45) is 0 Å². The first-order valence-electron chi connectivity index (χ1n) is 5.91. The van der Waals surface area contributed by atoms with Crippen molar-refractivity contribution in [2.75, 3.05) is 11.9 Å². The smallest absolute Gasteiger partial charge is 0.329 e. The minimum atomic E-state index is -0.932. The summed E-state index contributed by atoms with van der Waals surface area (Å²) in [5, 5.41) is 12.7. The highest BCUT2D eigenvalue weighted by Crippen LogP contribution is 2.30. The van der Waals surface area contributed by atoms with E-state index in [0.717, 1.165) is 10.2 Å². The van der Waals surface area contributed by atoms with Crippen molar-refractivity contribution in [1.29, 1.82) is 0 Å². The molecule has 0 aliphatic carbocycles. The van der Waals surface area contributed by atoms with Crippen molar-refractivity contribution in [3.8, 4) is 0 Å². The number of aliphatic carboxylic acids is 1. The van der Waals surface area contributed by atoms with Crippen LogP contribution in [-0.4, -0.2) is 29.3 Å². The summed E-state index contributed by atoms with van der Waals surface area (Å²) in [6, 6.07) is 7.54. The van der Waals surface area contributed by atoms with Crippen LogP contribution in [0.1, 0.15) is 19.8 Å². The van der Waals surface area contributed by atoms with Crippen molar-refractivity contribution < 1.29 is 14.6 Å². The standard InChI is InChI=1S/C13H16BrNO3/c1-9-8-13(12(16)17,5-6-18-9)15-11-4-2-3-10(14)7-11/h2-4,7,9,15H,5-6,8H2,1H3,(H,16,17). The van der Waals surface area contributed by atoms with Crippen LogP contribution in [0.5, 0.6) is 0 Å². The van der Waals surface area contributed by atoms with Crippen LogP contribution >= 0.6 is 15.9 Å². The van der Waals surface area contributed by atoms with Gasteiger partial charge in [-0.3, -0.25) is 0 Å². The highest BCUT2D eigenvalue weighted by atomic mass is 79.9. The minimum absolute atomic E-state index is 0.0468. The lowest BCUT2D eigenvalue weighted by molar-refractivity contribution is -0.147. The minimum Gasteiger partial charge on any atom is -0.480 e. The number of nitrogens with one attached hydrogen (secondary N) is 1. The fourth-order valence-electron chi connectivity index (χ4n) is 2.29. The predicted molar refractivity (Wildman–Crippen MR) is 72.8 cm³/mol. The Bertz CT molecular complexity index is 452. The molecule has 0 amide bonds. The second-order valence-electron chi connectivity index (χ2n) is 4.66. The van der Waals surface area contributed by atoms with Crippen LogP contribution in [0.2, 0.25) is 0 Å². The monoisotopic (exact) mass is 313 g/mol. The summed E-state index contributed by atoms with van der Waals surface area (Å²) in [6.07, 6.45) is 0.892. The molecule has 1 aliphatic rings. The van der Waals surface area contributed by atoms with Gasteiger partial charge >= 0.3 is 5.97 Å². The first kappa shape index (κ1) is 13.4. The van der Waals surface area contributed by atoms with E-state index in [2.05, 4.69) is 21.2 Å². The second kappa shape index (κ2) is 5.28. The van der Waals surface area contributed by atoms with Gasteiger partial charge in [0.1, 0.15) is 5.54 Å². The molecule has 0 aromatic heterocycles. The lowest BCUT2D eigenvalue weighted by Crippen LogP contribution is -2.52. The molecule has 1 aromatic carbocycles. The first-order chi connectivity index (χ1) is 8.52. The van der Waals surface area contributed by atoms with Gasteiger partial charge in [0.2, 0.25) is 0 Å². The molecule has 0 saturated carbocycles. The lowest BCUT2D eigenvalue weighted by atomic mass is 9.86. The van der Waals surface area contributed by atoms with Crippen LogP contribution in [0.15, 0.2) is 28.7 Å². The summed E-state index contributed by atoms with van der Waals surface area (Å²) < 4.78 is 6.36. The molecule has 1 aliphatic heterocycles. The second-order valence-corrected chi connectivity index (χ2v) is 5.57. The van der Waals surface area contributed by atoms with Gasteiger partial charge in [-0.1, -0.05) is 22.0 Å². The van der Waals surface area contributed by atoms with Crippen LogP contribution in [0.3, 0.4) is 0 Å². The van der Waals surface area contributed by atoms with E-state index < -0.39 is 11.5 Å². The van der Waals surface area contributed by atoms with Crippen molar-refractivity contribution in [2.45, 2.75) is 31.4 Å². The van der Waals surface area contributed by atoms with E-state index in [4.69, 9.17) is 4.74 Å². The Balaban J connectivity index is 2.23. The fourth-order valence-corrected chi connectivity index (χ4v) is 2.69. The Morgan fingerprint density at radius 3 is 3.00 bits per heavy atom. The summed E-state index contributed by atoms with van der Waals surface area (Å²) in [4.78, 5) is 11.6. The molecule has 2 rings (SSSR count). The number of carboxylic acid groups (broad SMARTS) is 1. The summed E-state index contributed by atoms with van der Waals surface area (Å²) in [5.41, 5.74) is -0.126. The number of ether oxygens (including phenoxy) is 1. The van der Waals surface area contributed by atoms with E-state index in [1.54, 1.807) is 0 Å². The van der Waals surface area contributed by atoms with Gasteiger partial charge in [-0.2, -0.15) is 0 Å². The van der Waals surface area contributed by atoms with Gasteiger partial charge in [0.15, 0.2) is 0 Å². The molecule has 5 heteroatoms. The molecule has 1 fully saturated rings. The number of halogens is 1. The number of hydrogen-bond acceptors (Lipinski definition) is 3. The quantitative estimate of drug-likeness (QED) is 0.901. The lowest BCUT2D eigenvalue weighted by Gasteiger charge is -2.37. The molecule has 98 valence electrons. The summed E-state index contributed by atoms with van der Waals surface area (Å²) in [5.74, 6) is -0.822. The third kappa shape index (κ3) is 2.84. The van der Waals surface area contributed by atoms with E-state index in [0.29, 0.717) is 19.4 Å². The van der Waals surface area contributed by atoms with E-state index in [1.165, 1.54) is 0 Å². The normalized spacial score (nSPS) is 27.8. The summed E-state index contributed by atoms with van der Waals surface area (Å²) >= 11 is 3.38. The number of carbonyl (C=O) groups is 1. The van der Waals surface area contributed by atoms with Crippen molar-refractivity contribution in [3.05, 3.63) is 28.7 Å². The van der Waals surface area contributed by atoms with Gasteiger partial charge in [0.05, 0.1) is 6.10 Å². The van der Waals surface area contributed by atoms with Gasteiger partial charge in [-0.15, -0.1) is 0 Å². The first-order valence-corrected chi connectivity index (χ1v) is 6.70. The number of carboxylic acids is 1. The SMILES string of the molecule is CC1CC(Nc2cccc(Br)c2)(C(=O)O)CCO1. The molecule has 0 bridgehead atoms. The molecule has 0 radical (unpaired) electrons. The van der Waals surface area contributed by atoms with Crippen LogP contribution in [0.25, 0.3) is 0 Å². The zero-order valence-corrected chi connectivity index (χ0v) is 11.7. The Labute approximate surface area is 114 Å². The van der Waals surface area contributed by atoms with Crippen LogP contribution in [-0.2, 0) is 9.53 Å².